The molecule has 1 aliphatic carbocycles. The Bertz CT molecular complexity index is 1060. The number of rotatable bonds is 7. The van der Waals surface area contributed by atoms with Gasteiger partial charge < -0.3 is 25.0 Å². The maximum atomic E-state index is 13.3. The van der Waals surface area contributed by atoms with E-state index in [0.29, 0.717) is 13.0 Å². The number of carbonyl (C=O) groups excluding carboxylic acids is 2. The minimum atomic E-state index is -0.900. The number of likely N-dealkylation sites (tertiary alicyclic amines) is 1. The van der Waals surface area contributed by atoms with Crippen molar-refractivity contribution in [2.24, 2.45) is 11.8 Å². The third kappa shape index (κ3) is 5.48. The molecule has 1 heterocycles. The number of alkyl carbamates (subject to hydrolysis) is 1. The molecule has 35 heavy (non-hydrogen) atoms. The second-order valence-corrected chi connectivity index (χ2v) is 9.90. The van der Waals surface area contributed by atoms with E-state index < -0.39 is 24.0 Å². The van der Waals surface area contributed by atoms with Crippen molar-refractivity contribution >= 4 is 18.0 Å². The number of ether oxygens (including phenoxy) is 1. The van der Waals surface area contributed by atoms with Gasteiger partial charge in [-0.2, -0.15) is 0 Å². The third-order valence-corrected chi connectivity index (χ3v) is 6.80. The lowest BCUT2D eigenvalue weighted by Gasteiger charge is -2.37. The van der Waals surface area contributed by atoms with E-state index in [1.54, 1.807) is 4.90 Å². The van der Waals surface area contributed by atoms with Crippen LogP contribution in [0.15, 0.2) is 48.5 Å². The SMILES string of the molecule is CC1CC(C(=O)O)CN(C(=O)[C@H](CN(C)C)NC(=O)OCC2c3ccccc3-c3ccccc32)C1. The molecule has 2 unspecified atom stereocenters. The van der Waals surface area contributed by atoms with Gasteiger partial charge in [0.2, 0.25) is 5.91 Å². The molecule has 1 aliphatic heterocycles. The van der Waals surface area contributed by atoms with Crippen molar-refractivity contribution in [3.63, 3.8) is 0 Å². The fourth-order valence-corrected chi connectivity index (χ4v) is 5.26. The molecule has 186 valence electrons. The summed E-state index contributed by atoms with van der Waals surface area (Å²) in [5.41, 5.74) is 4.52. The van der Waals surface area contributed by atoms with E-state index in [4.69, 9.17) is 4.74 Å². The van der Waals surface area contributed by atoms with Gasteiger partial charge in [0, 0.05) is 25.6 Å². The summed E-state index contributed by atoms with van der Waals surface area (Å²) in [5.74, 6) is -1.79. The molecule has 2 aliphatic rings. The van der Waals surface area contributed by atoms with Crippen LogP contribution in [0.2, 0.25) is 0 Å². The molecule has 2 amide bonds. The van der Waals surface area contributed by atoms with Gasteiger partial charge in [-0.15, -0.1) is 0 Å². The van der Waals surface area contributed by atoms with Crippen LogP contribution in [0.4, 0.5) is 4.79 Å². The second-order valence-electron chi connectivity index (χ2n) is 9.90. The minimum absolute atomic E-state index is 0.0725. The third-order valence-electron chi connectivity index (χ3n) is 6.80. The number of nitrogens with one attached hydrogen (secondary N) is 1. The number of aliphatic carboxylic acids is 1. The van der Waals surface area contributed by atoms with Crippen LogP contribution in [-0.2, 0) is 14.3 Å². The van der Waals surface area contributed by atoms with Crippen molar-refractivity contribution < 1.29 is 24.2 Å². The highest BCUT2D eigenvalue weighted by molar-refractivity contribution is 5.87. The topological polar surface area (TPSA) is 99.2 Å². The predicted octanol–water partition coefficient (Wildman–Crippen LogP) is 3.02. The Kier molecular flexibility index (Phi) is 7.40. The fourth-order valence-electron chi connectivity index (χ4n) is 5.26. The van der Waals surface area contributed by atoms with Crippen LogP contribution in [-0.4, -0.2) is 79.3 Å². The van der Waals surface area contributed by atoms with Crippen molar-refractivity contribution in [1.29, 1.82) is 0 Å². The minimum Gasteiger partial charge on any atom is -0.481 e. The molecule has 3 atom stereocenters. The molecular formula is C27H33N3O5. The molecule has 1 saturated heterocycles. The number of nitrogens with zero attached hydrogens (tertiary/aromatic N) is 2. The average Bonchev–Trinajstić information content (AvgIpc) is 3.15. The van der Waals surface area contributed by atoms with E-state index in [1.165, 1.54) is 0 Å². The molecule has 0 spiro atoms. The highest BCUT2D eigenvalue weighted by Gasteiger charge is 2.36. The monoisotopic (exact) mass is 479 g/mol. The Labute approximate surface area is 205 Å². The molecule has 1 fully saturated rings. The summed E-state index contributed by atoms with van der Waals surface area (Å²) in [6.07, 6.45) is -0.121. The zero-order chi connectivity index (χ0) is 25.1. The van der Waals surface area contributed by atoms with E-state index in [-0.39, 0.29) is 37.4 Å². The van der Waals surface area contributed by atoms with Crippen molar-refractivity contribution in [3.8, 4) is 11.1 Å². The zero-order valence-electron chi connectivity index (χ0n) is 20.4. The molecule has 8 nitrogen and oxygen atoms in total. The summed E-state index contributed by atoms with van der Waals surface area (Å²) < 4.78 is 5.64. The van der Waals surface area contributed by atoms with E-state index in [0.717, 1.165) is 22.3 Å². The van der Waals surface area contributed by atoms with Gasteiger partial charge in [-0.1, -0.05) is 55.5 Å². The lowest BCUT2D eigenvalue weighted by atomic mass is 9.90. The number of hydrogen-bond donors (Lipinski definition) is 2. The number of carbonyl (C=O) groups is 3. The first kappa shape index (κ1) is 24.7. The molecule has 0 bridgehead atoms. The lowest BCUT2D eigenvalue weighted by molar-refractivity contribution is -0.147. The number of amides is 2. The van der Waals surface area contributed by atoms with Crippen LogP contribution in [0.1, 0.15) is 30.4 Å². The van der Waals surface area contributed by atoms with Crippen molar-refractivity contribution in [3.05, 3.63) is 59.7 Å². The zero-order valence-corrected chi connectivity index (χ0v) is 20.4. The van der Waals surface area contributed by atoms with Crippen molar-refractivity contribution in [1.82, 2.24) is 15.1 Å². The van der Waals surface area contributed by atoms with E-state index in [9.17, 15) is 19.5 Å². The number of benzene rings is 2. The Balaban J connectivity index is 1.43. The first-order valence-corrected chi connectivity index (χ1v) is 12.0. The highest BCUT2D eigenvalue weighted by Crippen LogP contribution is 2.44. The van der Waals surface area contributed by atoms with Gasteiger partial charge in [-0.25, -0.2) is 4.79 Å². The Hall–Kier alpha value is -3.39. The molecule has 2 aromatic rings. The Morgan fingerprint density at radius 3 is 2.23 bits per heavy atom. The number of hydrogen-bond acceptors (Lipinski definition) is 5. The maximum absolute atomic E-state index is 13.3. The summed E-state index contributed by atoms with van der Waals surface area (Å²) in [6, 6.07) is 15.4. The van der Waals surface area contributed by atoms with Gasteiger partial charge in [0.05, 0.1) is 5.92 Å². The summed E-state index contributed by atoms with van der Waals surface area (Å²) in [7, 11) is 3.64. The number of fused-ring (bicyclic) bond motifs is 3. The molecule has 2 N–H and O–H groups in total. The van der Waals surface area contributed by atoms with Gasteiger partial charge in [0.15, 0.2) is 0 Å². The molecule has 4 rings (SSSR count). The molecule has 2 aromatic carbocycles. The number of carboxylic acids is 1. The van der Waals surface area contributed by atoms with Crippen LogP contribution >= 0.6 is 0 Å². The number of likely N-dealkylation sites (N-methyl/N-ethyl adjacent to an activating group) is 1. The fraction of sp³-hybridized carbons (Fsp3) is 0.444. The summed E-state index contributed by atoms with van der Waals surface area (Å²) in [6.45, 7) is 3.00. The summed E-state index contributed by atoms with van der Waals surface area (Å²) in [5, 5.41) is 12.2. The van der Waals surface area contributed by atoms with Gasteiger partial charge in [0.1, 0.15) is 12.6 Å². The first-order valence-electron chi connectivity index (χ1n) is 12.0. The lowest BCUT2D eigenvalue weighted by Crippen LogP contribution is -2.56. The molecule has 0 aromatic heterocycles. The average molecular weight is 480 g/mol. The molecule has 8 heteroatoms. The second kappa shape index (κ2) is 10.5. The van der Waals surface area contributed by atoms with Crippen LogP contribution in [0, 0.1) is 11.8 Å². The molecular weight excluding hydrogens is 446 g/mol. The normalized spacial score (nSPS) is 20.2. The van der Waals surface area contributed by atoms with Crippen LogP contribution in [0.5, 0.6) is 0 Å². The van der Waals surface area contributed by atoms with E-state index >= 15 is 0 Å². The van der Waals surface area contributed by atoms with Crippen molar-refractivity contribution in [2.45, 2.75) is 25.3 Å². The van der Waals surface area contributed by atoms with Crippen LogP contribution in [0.3, 0.4) is 0 Å². The summed E-state index contributed by atoms with van der Waals surface area (Å²) >= 11 is 0. The van der Waals surface area contributed by atoms with Crippen LogP contribution < -0.4 is 5.32 Å². The van der Waals surface area contributed by atoms with Crippen molar-refractivity contribution in [2.75, 3.05) is 40.3 Å². The first-order chi connectivity index (χ1) is 16.7. The smallest absolute Gasteiger partial charge is 0.407 e. The number of piperidine rings is 1. The Morgan fingerprint density at radius 2 is 1.66 bits per heavy atom. The van der Waals surface area contributed by atoms with Gasteiger partial charge in [-0.05, 0) is 48.7 Å². The van der Waals surface area contributed by atoms with Crippen LogP contribution in [0.25, 0.3) is 11.1 Å². The van der Waals surface area contributed by atoms with Gasteiger partial charge >= 0.3 is 12.1 Å². The number of carboxylic acid groups (broad SMARTS) is 1. The van der Waals surface area contributed by atoms with E-state index in [1.807, 2.05) is 50.2 Å². The molecule has 0 radical (unpaired) electrons. The Morgan fingerprint density at radius 1 is 1.06 bits per heavy atom. The quantitative estimate of drug-likeness (QED) is 0.633. The largest absolute Gasteiger partial charge is 0.481 e. The van der Waals surface area contributed by atoms with Gasteiger partial charge in [-0.3, -0.25) is 9.59 Å². The maximum Gasteiger partial charge on any atom is 0.407 e. The van der Waals surface area contributed by atoms with Gasteiger partial charge in [0.25, 0.3) is 0 Å². The van der Waals surface area contributed by atoms with E-state index in [2.05, 4.69) is 29.6 Å². The standard InChI is InChI=1S/C27H33N3O5/c1-17-12-18(26(32)33)14-30(13-17)25(31)24(15-29(2)3)28-27(34)35-16-23-21-10-6-4-8-19(21)20-9-5-7-11-22(20)23/h4-11,17-18,23-24H,12-16H2,1-3H3,(H,28,34)(H,32,33)/t17?,18?,24-/m0/s1. The highest BCUT2D eigenvalue weighted by atomic mass is 16.5. The predicted molar refractivity (Wildman–Crippen MR) is 132 cm³/mol. The summed E-state index contributed by atoms with van der Waals surface area (Å²) in [4.78, 5) is 41.0. The molecule has 0 saturated carbocycles.